The molecule has 0 aromatic carbocycles. The summed E-state index contributed by atoms with van der Waals surface area (Å²) in [5, 5.41) is 3.08. The maximum absolute atomic E-state index is 11.4. The molecule has 2 aliphatic rings. The SMILES string of the molecule is CC(CN1CCCC1)CN1CNCC1=O. The van der Waals surface area contributed by atoms with Gasteiger partial charge in [-0.25, -0.2) is 0 Å². The van der Waals surface area contributed by atoms with Gasteiger partial charge in [-0.05, 0) is 31.8 Å². The van der Waals surface area contributed by atoms with E-state index in [1.165, 1.54) is 25.9 Å². The first-order valence-electron chi connectivity index (χ1n) is 5.96. The van der Waals surface area contributed by atoms with Crippen LogP contribution >= 0.6 is 0 Å². The van der Waals surface area contributed by atoms with Gasteiger partial charge in [-0.2, -0.15) is 0 Å². The molecule has 86 valence electrons. The van der Waals surface area contributed by atoms with Gasteiger partial charge in [0, 0.05) is 13.1 Å². The van der Waals surface area contributed by atoms with Crippen LogP contribution in [0.4, 0.5) is 0 Å². The number of hydrogen-bond donors (Lipinski definition) is 1. The molecule has 0 bridgehead atoms. The van der Waals surface area contributed by atoms with Gasteiger partial charge >= 0.3 is 0 Å². The largest absolute Gasteiger partial charge is 0.328 e. The number of nitrogens with one attached hydrogen (secondary N) is 1. The average Bonchev–Trinajstić information content (AvgIpc) is 2.79. The summed E-state index contributed by atoms with van der Waals surface area (Å²) in [6.07, 6.45) is 2.69. The molecule has 0 aliphatic carbocycles. The molecule has 2 rings (SSSR count). The minimum absolute atomic E-state index is 0.253. The highest BCUT2D eigenvalue weighted by Crippen LogP contribution is 2.11. The zero-order valence-corrected chi connectivity index (χ0v) is 9.54. The Morgan fingerprint density at radius 1 is 1.33 bits per heavy atom. The minimum atomic E-state index is 0.253. The molecule has 1 unspecified atom stereocenters. The molecule has 1 amide bonds. The standard InChI is InChI=1S/C11H21N3O/c1-10(7-13-4-2-3-5-13)8-14-9-12-6-11(14)15/h10,12H,2-9H2,1H3. The van der Waals surface area contributed by atoms with Crippen LogP contribution in [0, 0.1) is 5.92 Å². The van der Waals surface area contributed by atoms with Gasteiger partial charge < -0.3 is 9.80 Å². The maximum atomic E-state index is 11.4. The summed E-state index contributed by atoms with van der Waals surface area (Å²) in [7, 11) is 0. The summed E-state index contributed by atoms with van der Waals surface area (Å²) < 4.78 is 0. The van der Waals surface area contributed by atoms with Gasteiger partial charge in [0.2, 0.25) is 5.91 Å². The fourth-order valence-corrected chi connectivity index (χ4v) is 2.50. The topological polar surface area (TPSA) is 35.6 Å². The Morgan fingerprint density at radius 2 is 2.07 bits per heavy atom. The van der Waals surface area contributed by atoms with Gasteiger partial charge in [0.1, 0.15) is 0 Å². The molecule has 1 N–H and O–H groups in total. The molecule has 0 spiro atoms. The molecule has 0 saturated carbocycles. The second-order valence-corrected chi connectivity index (χ2v) is 4.81. The summed E-state index contributed by atoms with van der Waals surface area (Å²) in [5.41, 5.74) is 0. The van der Waals surface area contributed by atoms with Crippen LogP contribution in [0.2, 0.25) is 0 Å². The molecular formula is C11H21N3O. The lowest BCUT2D eigenvalue weighted by atomic mass is 10.1. The predicted molar refractivity (Wildman–Crippen MR) is 59.4 cm³/mol. The first-order valence-corrected chi connectivity index (χ1v) is 5.96. The first-order chi connectivity index (χ1) is 7.25. The molecule has 4 heteroatoms. The molecule has 4 nitrogen and oxygen atoms in total. The van der Waals surface area contributed by atoms with E-state index >= 15 is 0 Å². The van der Waals surface area contributed by atoms with Crippen molar-refractivity contribution in [3.8, 4) is 0 Å². The molecule has 1 atom stereocenters. The molecule has 2 fully saturated rings. The summed E-state index contributed by atoms with van der Waals surface area (Å²) in [5.74, 6) is 0.843. The molecule has 2 heterocycles. The van der Waals surface area contributed by atoms with Crippen LogP contribution in [0.1, 0.15) is 19.8 Å². The van der Waals surface area contributed by atoms with Crippen molar-refractivity contribution < 1.29 is 4.79 Å². The zero-order chi connectivity index (χ0) is 10.7. The van der Waals surface area contributed by atoms with Crippen LogP contribution in [0.3, 0.4) is 0 Å². The lowest BCUT2D eigenvalue weighted by Gasteiger charge is -2.24. The number of carbonyl (C=O) groups is 1. The van der Waals surface area contributed by atoms with E-state index in [-0.39, 0.29) is 5.91 Å². The second-order valence-electron chi connectivity index (χ2n) is 4.81. The van der Waals surface area contributed by atoms with Crippen molar-refractivity contribution in [2.75, 3.05) is 39.4 Å². The van der Waals surface area contributed by atoms with E-state index in [2.05, 4.69) is 17.1 Å². The van der Waals surface area contributed by atoms with Gasteiger partial charge in [0.05, 0.1) is 13.2 Å². The Balaban J connectivity index is 1.71. The van der Waals surface area contributed by atoms with Crippen molar-refractivity contribution in [3.63, 3.8) is 0 Å². The summed E-state index contributed by atoms with van der Waals surface area (Å²) in [6, 6.07) is 0. The lowest BCUT2D eigenvalue weighted by molar-refractivity contribution is -0.127. The van der Waals surface area contributed by atoms with Crippen LogP contribution < -0.4 is 5.32 Å². The van der Waals surface area contributed by atoms with E-state index in [1.807, 2.05) is 4.90 Å². The van der Waals surface area contributed by atoms with Crippen molar-refractivity contribution >= 4 is 5.91 Å². The number of rotatable bonds is 4. The molecule has 2 aliphatic heterocycles. The highest BCUT2D eigenvalue weighted by molar-refractivity contribution is 5.79. The molecule has 15 heavy (non-hydrogen) atoms. The zero-order valence-electron chi connectivity index (χ0n) is 9.54. The number of carbonyl (C=O) groups excluding carboxylic acids is 1. The Hall–Kier alpha value is -0.610. The van der Waals surface area contributed by atoms with Crippen molar-refractivity contribution in [3.05, 3.63) is 0 Å². The third-order valence-corrected chi connectivity index (χ3v) is 3.23. The van der Waals surface area contributed by atoms with Gasteiger partial charge in [0.15, 0.2) is 0 Å². The predicted octanol–water partition coefficient (Wildman–Crippen LogP) is 0.108. The van der Waals surface area contributed by atoms with E-state index in [1.54, 1.807) is 0 Å². The second kappa shape index (κ2) is 4.94. The van der Waals surface area contributed by atoms with E-state index in [0.29, 0.717) is 12.5 Å². The normalized spacial score (nSPS) is 25.1. The Labute approximate surface area is 91.6 Å². The first kappa shape index (κ1) is 10.9. The van der Waals surface area contributed by atoms with E-state index in [4.69, 9.17) is 0 Å². The van der Waals surface area contributed by atoms with Crippen LogP contribution in [0.5, 0.6) is 0 Å². The number of hydrogen-bond acceptors (Lipinski definition) is 3. The van der Waals surface area contributed by atoms with Crippen LogP contribution in [0.25, 0.3) is 0 Å². The smallest absolute Gasteiger partial charge is 0.237 e. The highest BCUT2D eigenvalue weighted by atomic mass is 16.2. The highest BCUT2D eigenvalue weighted by Gasteiger charge is 2.22. The van der Waals surface area contributed by atoms with E-state index in [0.717, 1.165) is 19.8 Å². The Kier molecular flexibility index (Phi) is 3.59. The summed E-state index contributed by atoms with van der Waals surface area (Å²) in [6.45, 7) is 8.04. The van der Waals surface area contributed by atoms with Gasteiger partial charge in [-0.1, -0.05) is 6.92 Å². The van der Waals surface area contributed by atoms with E-state index in [9.17, 15) is 4.79 Å². The quantitative estimate of drug-likeness (QED) is 0.717. The third-order valence-electron chi connectivity index (χ3n) is 3.23. The van der Waals surface area contributed by atoms with Crippen molar-refractivity contribution in [2.45, 2.75) is 19.8 Å². The number of amides is 1. The molecule has 0 aromatic heterocycles. The van der Waals surface area contributed by atoms with Crippen LogP contribution in [0.15, 0.2) is 0 Å². The Morgan fingerprint density at radius 3 is 2.67 bits per heavy atom. The summed E-state index contributed by atoms with van der Waals surface area (Å²) in [4.78, 5) is 15.8. The fourth-order valence-electron chi connectivity index (χ4n) is 2.50. The van der Waals surface area contributed by atoms with Crippen molar-refractivity contribution in [1.29, 1.82) is 0 Å². The lowest BCUT2D eigenvalue weighted by Crippen LogP contribution is -2.36. The van der Waals surface area contributed by atoms with E-state index < -0.39 is 0 Å². The van der Waals surface area contributed by atoms with Crippen LogP contribution in [-0.4, -0.2) is 55.1 Å². The number of nitrogens with zero attached hydrogens (tertiary/aromatic N) is 2. The molecule has 2 saturated heterocycles. The van der Waals surface area contributed by atoms with Gasteiger partial charge in [0.25, 0.3) is 0 Å². The van der Waals surface area contributed by atoms with Crippen LogP contribution in [-0.2, 0) is 4.79 Å². The summed E-state index contributed by atoms with van der Waals surface area (Å²) >= 11 is 0. The third kappa shape index (κ3) is 2.92. The molecular weight excluding hydrogens is 190 g/mol. The van der Waals surface area contributed by atoms with Crippen molar-refractivity contribution in [1.82, 2.24) is 15.1 Å². The minimum Gasteiger partial charge on any atom is -0.328 e. The monoisotopic (exact) mass is 211 g/mol. The fraction of sp³-hybridized carbons (Fsp3) is 0.909. The van der Waals surface area contributed by atoms with Gasteiger partial charge in [-0.3, -0.25) is 10.1 Å². The average molecular weight is 211 g/mol. The molecule has 0 aromatic rings. The van der Waals surface area contributed by atoms with Gasteiger partial charge in [-0.15, -0.1) is 0 Å². The Bertz CT molecular complexity index is 226. The maximum Gasteiger partial charge on any atom is 0.237 e. The molecule has 0 radical (unpaired) electrons. The van der Waals surface area contributed by atoms with Crippen molar-refractivity contribution in [2.24, 2.45) is 5.92 Å². The number of likely N-dealkylation sites (tertiary alicyclic amines) is 1.